The molecule has 0 aromatic carbocycles. The number of aliphatic imine (C=N–C) groups is 1. The number of aliphatic carboxylic acids is 1. The average Bonchev–Trinajstić information content (AvgIpc) is 3.01. The van der Waals surface area contributed by atoms with Crippen molar-refractivity contribution in [1.82, 2.24) is 10.2 Å². The number of allylic oxidation sites excluding steroid dienone is 1. The molecule has 3 aliphatic heterocycles. The fourth-order valence-electron chi connectivity index (χ4n) is 4.87. The van der Waals surface area contributed by atoms with Gasteiger partial charge in [-0.2, -0.15) is 0 Å². The molecular formula is C27H38N4O14. The van der Waals surface area contributed by atoms with Gasteiger partial charge in [0, 0.05) is 25.4 Å². The quantitative estimate of drug-likeness (QED) is 0.0335. The van der Waals surface area contributed by atoms with Gasteiger partial charge in [0.2, 0.25) is 12.1 Å². The summed E-state index contributed by atoms with van der Waals surface area (Å²) in [5, 5.41) is 84.6. The smallest absolute Gasteiger partial charge is 0.340 e. The van der Waals surface area contributed by atoms with Crippen LogP contribution in [-0.4, -0.2) is 146 Å². The van der Waals surface area contributed by atoms with Gasteiger partial charge in [-0.05, 0) is 6.08 Å². The van der Waals surface area contributed by atoms with Crippen LogP contribution in [0.1, 0.15) is 0 Å². The fourth-order valence-corrected chi connectivity index (χ4v) is 4.87. The van der Waals surface area contributed by atoms with Crippen molar-refractivity contribution in [2.45, 2.75) is 42.3 Å². The highest BCUT2D eigenvalue weighted by Gasteiger charge is 2.57. The Labute approximate surface area is 256 Å². The lowest BCUT2D eigenvalue weighted by atomic mass is 9.78. The van der Waals surface area contributed by atoms with E-state index in [1.54, 1.807) is 0 Å². The number of aliphatic hydroxyl groups excluding tert-OH is 4. The SMILES string of the molecule is C=C[C@H]1[C@H](O[C@@H]2O[C@H](CO)[C@@H](O)C(O)(O)[C@H]2O)OC=C(C(=O)OC)[C@@]1(O)/C=C/C1=CN(CCO)CC(C(=O)O)=C1NC(N)=NC. The number of methoxy groups -OCH3 is 1. The van der Waals surface area contributed by atoms with E-state index in [-0.39, 0.29) is 42.5 Å². The number of carbonyl (C=O) groups is 2. The highest BCUT2D eigenvalue weighted by Crippen LogP contribution is 2.40. The molecule has 0 aliphatic carbocycles. The number of nitrogens with zero attached hydrogens (tertiary/aromatic N) is 2. The van der Waals surface area contributed by atoms with E-state index in [4.69, 9.17) is 24.7 Å². The minimum absolute atomic E-state index is 0.00666. The summed E-state index contributed by atoms with van der Waals surface area (Å²) in [4.78, 5) is 30.2. The number of β-amino-alcohol motifs (C(OH)–C–C–N with tert-alkyl or cyclic N) is 1. The van der Waals surface area contributed by atoms with Crippen molar-refractivity contribution >= 4 is 17.9 Å². The van der Waals surface area contributed by atoms with E-state index in [0.717, 1.165) is 25.5 Å². The van der Waals surface area contributed by atoms with Crippen LogP contribution >= 0.6 is 0 Å². The number of ether oxygens (including phenoxy) is 4. The number of esters is 1. The summed E-state index contributed by atoms with van der Waals surface area (Å²) in [7, 11) is 2.41. The molecule has 0 aromatic heterocycles. The van der Waals surface area contributed by atoms with E-state index in [1.807, 2.05) is 0 Å². The number of carbonyl (C=O) groups excluding carboxylic acids is 1. The lowest BCUT2D eigenvalue weighted by molar-refractivity contribution is -0.405. The molecule has 0 unspecified atom stereocenters. The van der Waals surface area contributed by atoms with Gasteiger partial charge in [0.05, 0.1) is 44.1 Å². The lowest BCUT2D eigenvalue weighted by Gasteiger charge is -2.47. The predicted molar refractivity (Wildman–Crippen MR) is 151 cm³/mol. The molecule has 18 heteroatoms. The number of nitrogens with two attached hydrogens (primary N) is 1. The van der Waals surface area contributed by atoms with Crippen LogP contribution < -0.4 is 11.1 Å². The molecular weight excluding hydrogens is 604 g/mol. The molecule has 0 saturated carbocycles. The van der Waals surface area contributed by atoms with Gasteiger partial charge in [-0.3, -0.25) is 4.99 Å². The number of carboxylic acid groups (broad SMARTS) is 1. The van der Waals surface area contributed by atoms with Crippen LogP contribution in [0.5, 0.6) is 0 Å². The second-order valence-corrected chi connectivity index (χ2v) is 10.2. The Hall–Kier alpha value is -3.85. The van der Waals surface area contributed by atoms with Crippen LogP contribution in [0.4, 0.5) is 0 Å². The van der Waals surface area contributed by atoms with Gasteiger partial charge in [0.1, 0.15) is 29.6 Å². The second kappa shape index (κ2) is 14.5. The monoisotopic (exact) mass is 642 g/mol. The van der Waals surface area contributed by atoms with Gasteiger partial charge in [-0.25, -0.2) is 9.59 Å². The first-order valence-electron chi connectivity index (χ1n) is 13.4. The van der Waals surface area contributed by atoms with E-state index >= 15 is 0 Å². The Bertz CT molecular complexity index is 1290. The Morgan fingerprint density at radius 2 is 1.93 bits per heavy atom. The van der Waals surface area contributed by atoms with Crippen molar-refractivity contribution in [2.75, 3.05) is 40.5 Å². The summed E-state index contributed by atoms with van der Waals surface area (Å²) in [6.07, 6.45) is -3.91. The number of nitrogens with one attached hydrogen (secondary N) is 1. The highest BCUT2D eigenvalue weighted by atomic mass is 16.8. The topological polar surface area (TPSA) is 287 Å². The lowest BCUT2D eigenvalue weighted by Crippen LogP contribution is -2.68. The average molecular weight is 643 g/mol. The normalized spacial score (nSPS) is 32.0. The van der Waals surface area contributed by atoms with E-state index in [9.17, 15) is 50.4 Å². The van der Waals surface area contributed by atoms with Gasteiger partial charge in [-0.1, -0.05) is 12.2 Å². The summed E-state index contributed by atoms with van der Waals surface area (Å²) >= 11 is 0. The summed E-state index contributed by atoms with van der Waals surface area (Å²) in [5.74, 6) is -7.13. The molecule has 1 saturated heterocycles. The number of rotatable bonds is 11. The van der Waals surface area contributed by atoms with Crippen LogP contribution in [-0.2, 0) is 28.5 Å². The molecule has 0 aromatic rings. The molecule has 3 rings (SSSR count). The standard InChI is InChI=1S/C27H38N4O14/c1-4-15-23(45-24-20(35)27(40,41)19(34)17(11-33)44-24)43-12-16(22(38)42-3)26(15,39)6-5-13-9-31(7-8-32)10-14(21(36)37)18(13)30-25(28)29-2/h4-6,9,12,15,17,19-20,23-24,32-35,39-41H,1,7-8,10-11H2,2-3H3,(H,36,37)(H3,28,29,30)/b6-5+/t15-,17+,19+,20-,23-,24-,26+/m0/s1. The van der Waals surface area contributed by atoms with Crippen LogP contribution in [0.3, 0.4) is 0 Å². The van der Waals surface area contributed by atoms with Crippen molar-refractivity contribution in [1.29, 1.82) is 0 Å². The number of aliphatic hydroxyl groups is 7. The van der Waals surface area contributed by atoms with Gasteiger partial charge < -0.3 is 75.8 Å². The molecule has 0 radical (unpaired) electrons. The predicted octanol–water partition coefficient (Wildman–Crippen LogP) is -4.31. The third-order valence-electron chi connectivity index (χ3n) is 7.38. The van der Waals surface area contributed by atoms with Crippen molar-refractivity contribution in [3.8, 4) is 0 Å². The number of hydrogen-bond donors (Lipinski definition) is 10. The third-order valence-corrected chi connectivity index (χ3v) is 7.38. The van der Waals surface area contributed by atoms with Gasteiger partial charge in [0.25, 0.3) is 0 Å². The molecule has 18 nitrogen and oxygen atoms in total. The maximum absolute atomic E-state index is 12.8. The minimum Gasteiger partial charge on any atom is -0.478 e. The molecule has 45 heavy (non-hydrogen) atoms. The van der Waals surface area contributed by atoms with E-state index in [0.29, 0.717) is 0 Å². The summed E-state index contributed by atoms with van der Waals surface area (Å²) in [5.41, 5.74) is 2.92. The molecule has 0 bridgehead atoms. The first-order valence-corrected chi connectivity index (χ1v) is 13.4. The third kappa shape index (κ3) is 7.19. The molecule has 0 amide bonds. The Balaban J connectivity index is 2.09. The van der Waals surface area contributed by atoms with Crippen molar-refractivity contribution in [3.63, 3.8) is 0 Å². The molecule has 0 spiro atoms. The zero-order chi connectivity index (χ0) is 33.7. The molecule has 11 N–H and O–H groups in total. The second-order valence-electron chi connectivity index (χ2n) is 10.2. The van der Waals surface area contributed by atoms with Crippen molar-refractivity contribution in [3.05, 3.63) is 59.7 Å². The van der Waals surface area contributed by atoms with Crippen LogP contribution in [0.15, 0.2) is 64.7 Å². The zero-order valence-corrected chi connectivity index (χ0v) is 24.4. The maximum Gasteiger partial charge on any atom is 0.340 e. The minimum atomic E-state index is -3.19. The molecule has 250 valence electrons. The van der Waals surface area contributed by atoms with E-state index in [1.165, 1.54) is 24.2 Å². The van der Waals surface area contributed by atoms with Gasteiger partial charge in [-0.15, -0.1) is 6.58 Å². The molecule has 3 heterocycles. The maximum atomic E-state index is 12.8. The van der Waals surface area contributed by atoms with E-state index in [2.05, 4.69) is 16.9 Å². The summed E-state index contributed by atoms with van der Waals surface area (Å²) in [6, 6.07) is 0. The summed E-state index contributed by atoms with van der Waals surface area (Å²) in [6.45, 7) is 2.36. The molecule has 1 fully saturated rings. The molecule has 7 atom stereocenters. The van der Waals surface area contributed by atoms with E-state index < -0.39 is 72.3 Å². The highest BCUT2D eigenvalue weighted by molar-refractivity contribution is 5.93. The number of carboxylic acids is 1. The van der Waals surface area contributed by atoms with Crippen LogP contribution in [0.2, 0.25) is 0 Å². The fraction of sp³-hybridized carbons (Fsp3) is 0.519. The van der Waals surface area contributed by atoms with Crippen molar-refractivity contribution < 1.29 is 69.4 Å². The largest absolute Gasteiger partial charge is 0.478 e. The first-order chi connectivity index (χ1) is 21.2. The summed E-state index contributed by atoms with van der Waals surface area (Å²) < 4.78 is 21.2. The van der Waals surface area contributed by atoms with Gasteiger partial charge in [0.15, 0.2) is 18.4 Å². The van der Waals surface area contributed by atoms with Gasteiger partial charge >= 0.3 is 11.9 Å². The Morgan fingerprint density at radius 1 is 1.24 bits per heavy atom. The van der Waals surface area contributed by atoms with Crippen molar-refractivity contribution in [2.24, 2.45) is 16.6 Å². The zero-order valence-electron chi connectivity index (χ0n) is 24.4. The van der Waals surface area contributed by atoms with Crippen LogP contribution in [0.25, 0.3) is 0 Å². The first kappa shape index (κ1) is 35.6. The Morgan fingerprint density at radius 3 is 2.49 bits per heavy atom. The number of hydrogen-bond acceptors (Lipinski definition) is 15. The van der Waals surface area contributed by atoms with Crippen LogP contribution in [0, 0.1) is 5.92 Å². The molecule has 3 aliphatic rings. The Kier molecular flexibility index (Phi) is 11.5. The number of guanidine groups is 1.